The van der Waals surface area contributed by atoms with Crippen LogP contribution in [-0.2, 0) is 5.75 Å². The molecule has 0 spiro atoms. The van der Waals surface area contributed by atoms with Crippen molar-refractivity contribution in [1.82, 2.24) is 10.2 Å². The molecule has 1 aromatic heterocycles. The van der Waals surface area contributed by atoms with Crippen molar-refractivity contribution in [2.45, 2.75) is 22.9 Å². The van der Waals surface area contributed by atoms with E-state index in [0.29, 0.717) is 10.8 Å². The Labute approximate surface area is 181 Å². The van der Waals surface area contributed by atoms with E-state index < -0.39 is 10.8 Å². The monoisotopic (exact) mass is 441 g/mol. The number of nitro groups is 1. The Kier molecular flexibility index (Phi) is 6.24. The van der Waals surface area contributed by atoms with Crippen LogP contribution in [0, 0.1) is 10.1 Å². The van der Waals surface area contributed by atoms with E-state index >= 15 is 0 Å². The number of nitro benzene ring substituents is 1. The van der Waals surface area contributed by atoms with E-state index in [2.05, 4.69) is 15.5 Å². The molecule has 0 saturated carbocycles. The number of nitrogens with zero attached hydrogens (tertiary/aromatic N) is 4. The van der Waals surface area contributed by atoms with Crippen LogP contribution in [0.3, 0.4) is 0 Å². The van der Waals surface area contributed by atoms with Gasteiger partial charge in [-0.05, 0) is 30.5 Å². The number of rotatable bonds is 7. The molecule has 4 rings (SSSR count). The molecule has 30 heavy (non-hydrogen) atoms. The number of aromatic nitrogens is 2. The third-order valence-electron chi connectivity index (χ3n) is 4.71. The predicted molar refractivity (Wildman–Crippen MR) is 118 cm³/mol. The van der Waals surface area contributed by atoms with Gasteiger partial charge in [-0.3, -0.25) is 20.2 Å². The summed E-state index contributed by atoms with van der Waals surface area (Å²) in [6.07, 6.45) is 2.03. The Morgan fingerprint density at radius 3 is 2.67 bits per heavy atom. The highest BCUT2D eigenvalue weighted by molar-refractivity contribution is 8.00. The smallest absolute Gasteiger partial charge is 0.293 e. The lowest BCUT2D eigenvalue weighted by Crippen LogP contribution is -2.19. The van der Waals surface area contributed by atoms with Gasteiger partial charge in [0.25, 0.3) is 11.6 Å². The fourth-order valence-corrected chi connectivity index (χ4v) is 4.95. The van der Waals surface area contributed by atoms with Crippen molar-refractivity contribution in [3.8, 4) is 0 Å². The van der Waals surface area contributed by atoms with E-state index in [0.717, 1.165) is 36.0 Å². The molecule has 1 fully saturated rings. The zero-order chi connectivity index (χ0) is 20.9. The van der Waals surface area contributed by atoms with Gasteiger partial charge in [-0.15, -0.1) is 10.2 Å². The number of anilines is 2. The molecule has 10 heteroatoms. The summed E-state index contributed by atoms with van der Waals surface area (Å²) in [4.78, 5) is 25.7. The van der Waals surface area contributed by atoms with Crippen molar-refractivity contribution < 1.29 is 9.72 Å². The SMILES string of the molecule is O=C(Nc1nnc(SCc2ccccc2)s1)c1ccc(N2CCCC2)c([N+](=O)[O-])c1. The average molecular weight is 442 g/mol. The standard InChI is InChI=1S/C20H19N5O3S2/c26-18(15-8-9-16(17(12-15)25(27)28)24-10-4-5-11-24)21-19-22-23-20(30-19)29-13-14-6-2-1-3-7-14/h1-3,6-9,12H,4-5,10-11,13H2,(H,21,22,26). The summed E-state index contributed by atoms with van der Waals surface area (Å²) in [6.45, 7) is 1.58. The summed E-state index contributed by atoms with van der Waals surface area (Å²) in [5.41, 5.74) is 1.90. The third kappa shape index (κ3) is 4.77. The quantitative estimate of drug-likeness (QED) is 0.248. The van der Waals surface area contributed by atoms with Gasteiger partial charge >= 0.3 is 0 Å². The van der Waals surface area contributed by atoms with Gasteiger partial charge in [-0.1, -0.05) is 53.4 Å². The van der Waals surface area contributed by atoms with Gasteiger partial charge in [0.2, 0.25) is 5.13 Å². The van der Waals surface area contributed by atoms with Crippen molar-refractivity contribution in [2.75, 3.05) is 23.3 Å². The number of amides is 1. The number of benzene rings is 2. The number of nitrogens with one attached hydrogen (secondary N) is 1. The zero-order valence-electron chi connectivity index (χ0n) is 16.0. The van der Waals surface area contributed by atoms with Crippen LogP contribution in [-0.4, -0.2) is 34.1 Å². The number of thioether (sulfide) groups is 1. The minimum absolute atomic E-state index is 0.0547. The van der Waals surface area contributed by atoms with Crippen LogP contribution >= 0.6 is 23.1 Å². The normalized spacial score (nSPS) is 13.4. The van der Waals surface area contributed by atoms with E-state index in [9.17, 15) is 14.9 Å². The summed E-state index contributed by atoms with van der Waals surface area (Å²) in [5, 5.41) is 22.7. The predicted octanol–water partition coefficient (Wildman–Crippen LogP) is 4.59. The number of hydrogen-bond acceptors (Lipinski definition) is 8. The van der Waals surface area contributed by atoms with Crippen molar-refractivity contribution in [2.24, 2.45) is 0 Å². The lowest BCUT2D eigenvalue weighted by Gasteiger charge is -2.17. The van der Waals surface area contributed by atoms with Crippen LogP contribution in [0.4, 0.5) is 16.5 Å². The highest BCUT2D eigenvalue weighted by atomic mass is 32.2. The Morgan fingerprint density at radius 1 is 1.17 bits per heavy atom. The minimum Gasteiger partial charge on any atom is -0.366 e. The van der Waals surface area contributed by atoms with Crippen LogP contribution in [0.5, 0.6) is 0 Å². The molecule has 2 heterocycles. The summed E-state index contributed by atoms with van der Waals surface area (Å²) < 4.78 is 0.740. The van der Waals surface area contributed by atoms with Crippen LogP contribution in [0.25, 0.3) is 0 Å². The number of carbonyl (C=O) groups excluding carboxylic acids is 1. The lowest BCUT2D eigenvalue weighted by atomic mass is 10.1. The maximum atomic E-state index is 12.6. The topological polar surface area (TPSA) is 101 Å². The molecule has 8 nitrogen and oxygen atoms in total. The van der Waals surface area contributed by atoms with Crippen LogP contribution in [0.1, 0.15) is 28.8 Å². The molecule has 0 aliphatic carbocycles. The molecule has 1 aliphatic rings. The van der Waals surface area contributed by atoms with E-state index in [1.54, 1.807) is 12.1 Å². The highest BCUT2D eigenvalue weighted by Gasteiger charge is 2.24. The molecule has 154 valence electrons. The van der Waals surface area contributed by atoms with Gasteiger partial charge in [-0.25, -0.2) is 0 Å². The molecule has 1 saturated heterocycles. The second-order valence-corrected chi connectivity index (χ2v) is 8.96. The summed E-state index contributed by atoms with van der Waals surface area (Å²) in [7, 11) is 0. The first-order valence-electron chi connectivity index (χ1n) is 9.45. The Morgan fingerprint density at radius 2 is 1.93 bits per heavy atom. The molecule has 0 unspecified atom stereocenters. The van der Waals surface area contributed by atoms with Crippen LogP contribution in [0.2, 0.25) is 0 Å². The maximum absolute atomic E-state index is 12.6. The largest absolute Gasteiger partial charge is 0.366 e. The molecule has 2 aromatic carbocycles. The zero-order valence-corrected chi connectivity index (χ0v) is 17.6. The second-order valence-electron chi connectivity index (χ2n) is 6.76. The fourth-order valence-electron chi connectivity index (χ4n) is 3.24. The molecule has 1 amide bonds. The summed E-state index contributed by atoms with van der Waals surface area (Å²) in [5.74, 6) is 0.315. The highest BCUT2D eigenvalue weighted by Crippen LogP contribution is 2.32. The lowest BCUT2D eigenvalue weighted by molar-refractivity contribution is -0.384. The van der Waals surface area contributed by atoms with Gasteiger partial charge < -0.3 is 4.90 Å². The fraction of sp³-hybridized carbons (Fsp3) is 0.250. The van der Waals surface area contributed by atoms with Gasteiger partial charge in [0.1, 0.15) is 5.69 Å². The van der Waals surface area contributed by atoms with Gasteiger partial charge in [-0.2, -0.15) is 0 Å². The molecule has 0 atom stereocenters. The average Bonchev–Trinajstić information content (AvgIpc) is 3.45. The molecular formula is C20H19N5O3S2. The molecular weight excluding hydrogens is 422 g/mol. The van der Waals surface area contributed by atoms with Gasteiger partial charge in [0, 0.05) is 30.5 Å². The summed E-state index contributed by atoms with van der Waals surface area (Å²) in [6, 6.07) is 14.6. The minimum atomic E-state index is -0.443. The molecule has 3 aromatic rings. The first-order chi connectivity index (χ1) is 14.6. The van der Waals surface area contributed by atoms with Crippen LogP contribution in [0.15, 0.2) is 52.9 Å². The third-order valence-corrected chi connectivity index (χ3v) is 6.76. The van der Waals surface area contributed by atoms with Crippen molar-refractivity contribution in [1.29, 1.82) is 0 Å². The second kappa shape index (κ2) is 9.23. The first kappa shape index (κ1) is 20.3. The Balaban J connectivity index is 1.43. The number of carbonyl (C=O) groups is 1. The van der Waals surface area contributed by atoms with Gasteiger partial charge in [0.15, 0.2) is 4.34 Å². The first-order valence-corrected chi connectivity index (χ1v) is 11.3. The van der Waals surface area contributed by atoms with Crippen molar-refractivity contribution >= 4 is 45.5 Å². The molecule has 0 radical (unpaired) electrons. The molecule has 1 N–H and O–H groups in total. The van der Waals surface area contributed by atoms with E-state index in [-0.39, 0.29) is 11.3 Å². The number of hydrogen-bond donors (Lipinski definition) is 1. The molecule has 0 bridgehead atoms. The van der Waals surface area contributed by atoms with Crippen molar-refractivity contribution in [3.05, 3.63) is 69.8 Å². The maximum Gasteiger partial charge on any atom is 0.293 e. The summed E-state index contributed by atoms with van der Waals surface area (Å²) >= 11 is 2.81. The van der Waals surface area contributed by atoms with E-state index in [1.807, 2.05) is 35.2 Å². The van der Waals surface area contributed by atoms with Gasteiger partial charge in [0.05, 0.1) is 4.92 Å². The molecule has 1 aliphatic heterocycles. The van der Waals surface area contributed by atoms with E-state index in [1.165, 1.54) is 34.7 Å². The van der Waals surface area contributed by atoms with E-state index in [4.69, 9.17) is 0 Å². The Bertz CT molecular complexity index is 1050. The van der Waals surface area contributed by atoms with Crippen LogP contribution < -0.4 is 10.2 Å². The van der Waals surface area contributed by atoms with Crippen molar-refractivity contribution in [3.63, 3.8) is 0 Å². The Hall–Kier alpha value is -2.98.